The summed E-state index contributed by atoms with van der Waals surface area (Å²) in [6, 6.07) is 0. The molecule has 0 spiro atoms. The van der Waals surface area contributed by atoms with Crippen LogP contribution in [0.25, 0.3) is 11.2 Å². The lowest BCUT2D eigenvalue weighted by molar-refractivity contribution is -0.188. The first-order valence-corrected chi connectivity index (χ1v) is 9.46. The fraction of sp³-hybridized carbons (Fsp3) is 0.412. The molecule has 0 radical (unpaired) electrons. The molecule has 0 saturated carbocycles. The minimum Gasteiger partial charge on any atom is -0.479 e. The number of methoxy groups -OCH3 is 1. The fourth-order valence-corrected chi connectivity index (χ4v) is 3.16. The lowest BCUT2D eigenvalue weighted by atomic mass is 9.96. The van der Waals surface area contributed by atoms with Crippen LogP contribution in [0.15, 0.2) is 18.7 Å². The minimum absolute atomic E-state index is 0.0236. The maximum atomic E-state index is 15.0. The van der Waals surface area contributed by atoms with E-state index >= 15 is 4.39 Å². The Labute approximate surface area is 184 Å². The molecule has 15 heteroatoms. The number of ether oxygens (including phenoxy) is 2. The van der Waals surface area contributed by atoms with Crippen molar-refractivity contribution in [1.82, 2.24) is 29.7 Å². The van der Waals surface area contributed by atoms with E-state index in [1.807, 2.05) is 0 Å². The number of halogens is 2. The molecule has 0 aliphatic heterocycles. The van der Waals surface area contributed by atoms with Gasteiger partial charge >= 0.3 is 11.9 Å². The molecular weight excluding hydrogens is 453 g/mol. The Bertz CT molecular complexity index is 1090. The van der Waals surface area contributed by atoms with Gasteiger partial charge in [-0.05, 0) is 17.2 Å². The Balaban J connectivity index is 1.77. The standard InChI is InChI=1S/C17H19ClFN7O6/c1-31-9(2-10(19)26-7-21-11-12(20)24-16(18)25-13(11)26)6-32-17(14(27)28,15(29)30)3-8-4-22-23-5-8/h4-5,7,9-10H,2-3,6H2,1H3,(H,22,23)(H,27,28)(H,29,30)(H2,20,24,25). The van der Waals surface area contributed by atoms with Crippen molar-refractivity contribution in [1.29, 1.82) is 0 Å². The topological polar surface area (TPSA) is 191 Å². The van der Waals surface area contributed by atoms with E-state index in [-0.39, 0.29) is 28.7 Å². The summed E-state index contributed by atoms with van der Waals surface area (Å²) in [6.07, 6.45) is 0.157. The number of alkyl halides is 1. The third kappa shape index (κ3) is 4.61. The van der Waals surface area contributed by atoms with Crippen molar-refractivity contribution < 1.29 is 33.7 Å². The highest BCUT2D eigenvalue weighted by Crippen LogP contribution is 2.26. The van der Waals surface area contributed by atoms with E-state index in [9.17, 15) is 19.8 Å². The van der Waals surface area contributed by atoms with Crippen molar-refractivity contribution in [3.8, 4) is 0 Å². The van der Waals surface area contributed by atoms with Gasteiger partial charge < -0.3 is 25.4 Å². The van der Waals surface area contributed by atoms with Crippen LogP contribution in [0.3, 0.4) is 0 Å². The molecule has 3 aromatic heterocycles. The third-order valence-corrected chi connectivity index (χ3v) is 4.90. The zero-order valence-electron chi connectivity index (χ0n) is 16.6. The van der Waals surface area contributed by atoms with E-state index in [1.54, 1.807) is 0 Å². The first-order chi connectivity index (χ1) is 15.2. The summed E-state index contributed by atoms with van der Waals surface area (Å²) in [4.78, 5) is 35.2. The second-order valence-corrected chi connectivity index (χ2v) is 7.10. The molecule has 2 unspecified atom stereocenters. The Morgan fingerprint density at radius 3 is 2.69 bits per heavy atom. The fourth-order valence-electron chi connectivity index (χ4n) is 2.99. The van der Waals surface area contributed by atoms with Crippen molar-refractivity contribution >= 4 is 40.5 Å². The van der Waals surface area contributed by atoms with E-state index in [1.165, 1.54) is 19.5 Å². The zero-order chi connectivity index (χ0) is 23.5. The summed E-state index contributed by atoms with van der Waals surface area (Å²) in [5.74, 6) is -3.47. The average Bonchev–Trinajstić information content (AvgIpc) is 3.39. The first kappa shape index (κ1) is 23.3. The molecule has 5 N–H and O–H groups in total. The van der Waals surface area contributed by atoms with Gasteiger partial charge in [0.2, 0.25) is 5.28 Å². The largest absolute Gasteiger partial charge is 0.479 e. The SMILES string of the molecule is COC(COC(Cc1cn[nH]c1)(C(=O)O)C(=O)O)CC(F)n1cnc2c(N)nc(Cl)nc21. The summed E-state index contributed by atoms with van der Waals surface area (Å²) in [5.41, 5.74) is 3.59. The predicted octanol–water partition coefficient (Wildman–Crippen LogP) is 0.825. The maximum Gasteiger partial charge on any atom is 0.348 e. The molecule has 172 valence electrons. The molecule has 32 heavy (non-hydrogen) atoms. The molecule has 0 aliphatic carbocycles. The van der Waals surface area contributed by atoms with E-state index in [2.05, 4.69) is 25.1 Å². The number of aromatic amines is 1. The number of hydrogen-bond donors (Lipinski definition) is 4. The van der Waals surface area contributed by atoms with Crippen LogP contribution in [0, 0.1) is 0 Å². The van der Waals surface area contributed by atoms with Gasteiger partial charge in [0.15, 0.2) is 17.8 Å². The number of nitrogen functional groups attached to an aromatic ring is 1. The molecule has 3 aromatic rings. The number of anilines is 1. The number of imidazole rings is 1. The van der Waals surface area contributed by atoms with Gasteiger partial charge in [0.05, 0.1) is 25.2 Å². The number of hydrogen-bond acceptors (Lipinski definition) is 9. The number of H-pyrrole nitrogens is 1. The van der Waals surface area contributed by atoms with Crippen molar-refractivity contribution in [2.45, 2.75) is 30.8 Å². The van der Waals surface area contributed by atoms with Crippen LogP contribution in [0.2, 0.25) is 5.28 Å². The zero-order valence-corrected chi connectivity index (χ0v) is 17.4. The van der Waals surface area contributed by atoms with Crippen LogP contribution < -0.4 is 5.73 Å². The molecule has 0 fully saturated rings. The number of nitrogens with one attached hydrogen (secondary N) is 1. The van der Waals surface area contributed by atoms with Gasteiger partial charge in [-0.1, -0.05) is 0 Å². The second kappa shape index (κ2) is 9.42. The molecule has 0 aliphatic rings. The molecule has 0 amide bonds. The minimum atomic E-state index is -2.62. The van der Waals surface area contributed by atoms with Crippen LogP contribution in [-0.4, -0.2) is 77.3 Å². The molecule has 13 nitrogen and oxygen atoms in total. The monoisotopic (exact) mass is 471 g/mol. The second-order valence-electron chi connectivity index (χ2n) is 6.76. The van der Waals surface area contributed by atoms with Gasteiger partial charge in [0, 0.05) is 26.1 Å². The van der Waals surface area contributed by atoms with Crippen molar-refractivity contribution in [3.05, 3.63) is 29.6 Å². The smallest absolute Gasteiger partial charge is 0.348 e. The summed E-state index contributed by atoms with van der Waals surface area (Å²) < 4.78 is 26.6. The van der Waals surface area contributed by atoms with E-state index < -0.39 is 43.0 Å². The molecule has 3 rings (SSSR count). The van der Waals surface area contributed by atoms with Crippen molar-refractivity contribution in [2.24, 2.45) is 0 Å². The Kier molecular flexibility index (Phi) is 6.86. The number of fused-ring (bicyclic) bond motifs is 1. The average molecular weight is 472 g/mol. The van der Waals surface area contributed by atoms with E-state index in [0.717, 1.165) is 10.9 Å². The number of carboxylic acids is 2. The lowest BCUT2D eigenvalue weighted by Crippen LogP contribution is -2.52. The molecule has 0 saturated heterocycles. The normalized spacial score (nSPS) is 13.8. The Morgan fingerprint density at radius 1 is 1.38 bits per heavy atom. The summed E-state index contributed by atoms with van der Waals surface area (Å²) in [5, 5.41) is 25.1. The highest BCUT2D eigenvalue weighted by Gasteiger charge is 2.49. The molecule has 3 heterocycles. The van der Waals surface area contributed by atoms with Crippen molar-refractivity contribution in [3.63, 3.8) is 0 Å². The summed E-state index contributed by atoms with van der Waals surface area (Å²) >= 11 is 5.78. The predicted molar refractivity (Wildman–Crippen MR) is 107 cm³/mol. The number of carboxylic acid groups (broad SMARTS) is 2. The molecular formula is C17H19ClFN7O6. The summed E-state index contributed by atoms with van der Waals surface area (Å²) in [6.45, 7) is -0.530. The lowest BCUT2D eigenvalue weighted by Gasteiger charge is -2.27. The van der Waals surface area contributed by atoms with Gasteiger partial charge in [-0.2, -0.15) is 15.1 Å². The maximum absolute atomic E-state index is 15.0. The highest BCUT2D eigenvalue weighted by atomic mass is 35.5. The van der Waals surface area contributed by atoms with Gasteiger partial charge in [0.1, 0.15) is 5.52 Å². The highest BCUT2D eigenvalue weighted by molar-refractivity contribution is 6.28. The van der Waals surface area contributed by atoms with Gasteiger partial charge in [0.25, 0.3) is 5.60 Å². The van der Waals surface area contributed by atoms with Crippen LogP contribution in [0.5, 0.6) is 0 Å². The number of carbonyl (C=O) groups is 2. The number of nitrogens with two attached hydrogens (primary N) is 1. The Morgan fingerprint density at radius 2 is 2.09 bits per heavy atom. The van der Waals surface area contributed by atoms with E-state index in [0.29, 0.717) is 5.56 Å². The third-order valence-electron chi connectivity index (χ3n) is 4.73. The first-order valence-electron chi connectivity index (χ1n) is 9.08. The number of aliphatic carboxylic acids is 2. The van der Waals surface area contributed by atoms with Crippen LogP contribution >= 0.6 is 11.6 Å². The van der Waals surface area contributed by atoms with Crippen molar-refractivity contribution in [2.75, 3.05) is 19.5 Å². The van der Waals surface area contributed by atoms with Crippen LogP contribution in [0.4, 0.5) is 10.2 Å². The molecule has 0 bridgehead atoms. The van der Waals surface area contributed by atoms with E-state index in [4.69, 9.17) is 26.8 Å². The van der Waals surface area contributed by atoms with Gasteiger partial charge in [-0.25, -0.2) is 19.0 Å². The summed E-state index contributed by atoms with van der Waals surface area (Å²) in [7, 11) is 1.25. The quantitative estimate of drug-likeness (QED) is 0.228. The number of aromatic nitrogens is 6. The van der Waals surface area contributed by atoms with Gasteiger partial charge in [-0.3, -0.25) is 9.67 Å². The Hall–Kier alpha value is -3.36. The number of rotatable bonds is 11. The molecule has 2 atom stereocenters. The number of nitrogens with zero attached hydrogens (tertiary/aromatic N) is 5. The molecule has 0 aromatic carbocycles. The van der Waals surface area contributed by atoms with Gasteiger partial charge in [-0.15, -0.1) is 0 Å². The van der Waals surface area contributed by atoms with Crippen LogP contribution in [0.1, 0.15) is 18.3 Å². The van der Waals surface area contributed by atoms with Crippen LogP contribution in [-0.2, 0) is 25.5 Å².